The second kappa shape index (κ2) is 13.5. The van der Waals surface area contributed by atoms with Gasteiger partial charge in [0, 0.05) is 22.7 Å². The standard InChI is InChI=1S/C28H32N2O3S/c1-3-5-19-33-24-17-15-22(16-18-24)30-28(32)27(21-11-7-6-8-12-21)34-25-14-9-13-23(20-25)29-26(31)10-4-2/h6-9,11-18,20,27H,3-5,10,19H2,1-2H3,(H,29,31)(H,30,32). The minimum Gasteiger partial charge on any atom is -0.494 e. The highest BCUT2D eigenvalue weighted by atomic mass is 32.2. The van der Waals surface area contributed by atoms with Gasteiger partial charge in [-0.25, -0.2) is 0 Å². The summed E-state index contributed by atoms with van der Waals surface area (Å²) in [5.41, 5.74) is 2.36. The Bertz CT molecular complexity index is 1050. The summed E-state index contributed by atoms with van der Waals surface area (Å²) < 4.78 is 5.71. The molecule has 0 heterocycles. The molecule has 34 heavy (non-hydrogen) atoms. The lowest BCUT2D eigenvalue weighted by molar-refractivity contribution is -0.116. The van der Waals surface area contributed by atoms with Crippen molar-refractivity contribution >= 4 is 35.0 Å². The Kier molecular flexibility index (Phi) is 10.0. The third-order valence-corrected chi connectivity index (χ3v) is 6.33. The van der Waals surface area contributed by atoms with E-state index >= 15 is 0 Å². The fraction of sp³-hybridized carbons (Fsp3) is 0.286. The number of nitrogens with one attached hydrogen (secondary N) is 2. The Labute approximate surface area is 206 Å². The predicted molar refractivity (Wildman–Crippen MR) is 140 cm³/mol. The molecule has 0 radical (unpaired) electrons. The molecule has 0 aromatic heterocycles. The van der Waals surface area contributed by atoms with Crippen LogP contribution in [0.3, 0.4) is 0 Å². The van der Waals surface area contributed by atoms with Crippen molar-refractivity contribution in [3.8, 4) is 5.75 Å². The van der Waals surface area contributed by atoms with E-state index in [4.69, 9.17) is 4.74 Å². The van der Waals surface area contributed by atoms with Crippen molar-refractivity contribution in [3.63, 3.8) is 0 Å². The molecule has 0 fully saturated rings. The zero-order valence-corrected chi connectivity index (χ0v) is 20.6. The van der Waals surface area contributed by atoms with Gasteiger partial charge in [0.2, 0.25) is 11.8 Å². The Morgan fingerprint density at radius 3 is 2.32 bits per heavy atom. The van der Waals surface area contributed by atoms with E-state index in [-0.39, 0.29) is 11.8 Å². The maximum Gasteiger partial charge on any atom is 0.242 e. The van der Waals surface area contributed by atoms with Crippen molar-refractivity contribution in [1.29, 1.82) is 0 Å². The summed E-state index contributed by atoms with van der Waals surface area (Å²) >= 11 is 1.45. The van der Waals surface area contributed by atoms with Crippen LogP contribution < -0.4 is 15.4 Å². The number of anilines is 2. The molecule has 3 aromatic rings. The van der Waals surface area contributed by atoms with Gasteiger partial charge >= 0.3 is 0 Å². The minimum atomic E-state index is -0.455. The number of unbranched alkanes of at least 4 members (excludes halogenated alkanes) is 1. The van der Waals surface area contributed by atoms with Crippen molar-refractivity contribution in [2.24, 2.45) is 0 Å². The average molecular weight is 477 g/mol. The van der Waals surface area contributed by atoms with Crippen LogP contribution in [0.15, 0.2) is 83.8 Å². The molecule has 3 rings (SSSR count). The van der Waals surface area contributed by atoms with Gasteiger partial charge < -0.3 is 15.4 Å². The molecule has 0 aliphatic carbocycles. The maximum absolute atomic E-state index is 13.3. The number of carbonyl (C=O) groups is 2. The van der Waals surface area contributed by atoms with E-state index in [1.807, 2.05) is 85.8 Å². The number of amides is 2. The highest BCUT2D eigenvalue weighted by molar-refractivity contribution is 8.00. The summed E-state index contributed by atoms with van der Waals surface area (Å²) in [6, 6.07) is 24.8. The molecule has 3 aromatic carbocycles. The molecule has 2 amide bonds. The molecule has 2 N–H and O–H groups in total. The number of benzene rings is 3. The Morgan fingerprint density at radius 2 is 1.62 bits per heavy atom. The van der Waals surface area contributed by atoms with Crippen molar-refractivity contribution in [2.45, 2.75) is 49.7 Å². The molecule has 5 nitrogen and oxygen atoms in total. The molecular formula is C28H32N2O3S. The molecule has 178 valence electrons. The van der Waals surface area contributed by atoms with Gasteiger partial charge in [-0.3, -0.25) is 9.59 Å². The van der Waals surface area contributed by atoms with Crippen LogP contribution in [0.4, 0.5) is 11.4 Å². The van der Waals surface area contributed by atoms with Gasteiger partial charge in [0.1, 0.15) is 11.0 Å². The number of ether oxygens (including phenoxy) is 1. The molecule has 0 aliphatic rings. The van der Waals surface area contributed by atoms with Gasteiger partial charge in [-0.15, -0.1) is 11.8 Å². The normalized spacial score (nSPS) is 11.5. The van der Waals surface area contributed by atoms with Gasteiger partial charge in [-0.05, 0) is 60.9 Å². The van der Waals surface area contributed by atoms with Gasteiger partial charge in [0.05, 0.1) is 6.61 Å². The summed E-state index contributed by atoms with van der Waals surface area (Å²) in [4.78, 5) is 26.2. The molecule has 1 atom stereocenters. The SMILES string of the molecule is CCCCOc1ccc(NC(=O)C(Sc2cccc(NC(=O)CCC)c2)c2ccccc2)cc1. The van der Waals surface area contributed by atoms with Crippen LogP contribution in [0.25, 0.3) is 0 Å². The maximum atomic E-state index is 13.3. The summed E-state index contributed by atoms with van der Waals surface area (Å²) in [6.45, 7) is 4.79. The summed E-state index contributed by atoms with van der Waals surface area (Å²) in [7, 11) is 0. The Balaban J connectivity index is 1.73. The number of carbonyl (C=O) groups excluding carboxylic acids is 2. The van der Waals surface area contributed by atoms with Gasteiger partial charge in [0.15, 0.2) is 0 Å². The Morgan fingerprint density at radius 1 is 0.853 bits per heavy atom. The first-order chi connectivity index (χ1) is 16.6. The molecule has 0 saturated carbocycles. The molecule has 1 unspecified atom stereocenters. The van der Waals surface area contributed by atoms with E-state index in [0.717, 1.165) is 46.8 Å². The van der Waals surface area contributed by atoms with Crippen LogP contribution in [0, 0.1) is 0 Å². The minimum absolute atomic E-state index is 0.0101. The van der Waals surface area contributed by atoms with E-state index < -0.39 is 5.25 Å². The number of rotatable bonds is 12. The first kappa shape index (κ1) is 25.4. The quantitative estimate of drug-likeness (QED) is 0.217. The zero-order chi connectivity index (χ0) is 24.2. The molecule has 0 spiro atoms. The van der Waals surface area contributed by atoms with Crippen molar-refractivity contribution in [2.75, 3.05) is 17.2 Å². The predicted octanol–water partition coefficient (Wildman–Crippen LogP) is 7.08. The third kappa shape index (κ3) is 7.96. The van der Waals surface area contributed by atoms with Gasteiger partial charge in [-0.1, -0.05) is 56.7 Å². The van der Waals surface area contributed by atoms with Crippen LogP contribution in [0.2, 0.25) is 0 Å². The monoisotopic (exact) mass is 476 g/mol. The Hall–Kier alpha value is -3.25. The molecule has 6 heteroatoms. The van der Waals surface area contributed by atoms with E-state index in [9.17, 15) is 9.59 Å². The molecule has 0 aliphatic heterocycles. The van der Waals surface area contributed by atoms with Crippen molar-refractivity contribution < 1.29 is 14.3 Å². The van der Waals surface area contributed by atoms with Crippen LogP contribution in [-0.2, 0) is 9.59 Å². The lowest BCUT2D eigenvalue weighted by Crippen LogP contribution is -2.19. The van der Waals surface area contributed by atoms with E-state index in [0.29, 0.717) is 13.0 Å². The van der Waals surface area contributed by atoms with Crippen LogP contribution in [0.1, 0.15) is 50.3 Å². The number of thioether (sulfide) groups is 1. The summed E-state index contributed by atoms with van der Waals surface area (Å²) in [5.74, 6) is 0.669. The summed E-state index contributed by atoms with van der Waals surface area (Å²) in [6.07, 6.45) is 3.37. The fourth-order valence-electron chi connectivity index (χ4n) is 3.31. The molecular weight excluding hydrogens is 444 g/mol. The second-order valence-electron chi connectivity index (χ2n) is 7.95. The lowest BCUT2D eigenvalue weighted by atomic mass is 10.1. The van der Waals surface area contributed by atoms with E-state index in [2.05, 4.69) is 17.6 Å². The fourth-order valence-corrected chi connectivity index (χ4v) is 4.39. The summed E-state index contributed by atoms with van der Waals surface area (Å²) in [5, 5.41) is 5.50. The van der Waals surface area contributed by atoms with Crippen molar-refractivity contribution in [3.05, 3.63) is 84.4 Å². The van der Waals surface area contributed by atoms with Crippen LogP contribution in [0.5, 0.6) is 5.75 Å². The average Bonchev–Trinajstić information content (AvgIpc) is 2.84. The van der Waals surface area contributed by atoms with E-state index in [1.54, 1.807) is 0 Å². The molecule has 0 bridgehead atoms. The smallest absolute Gasteiger partial charge is 0.242 e. The third-order valence-electron chi connectivity index (χ3n) is 5.08. The molecule has 0 saturated heterocycles. The highest BCUT2D eigenvalue weighted by Crippen LogP contribution is 2.37. The van der Waals surface area contributed by atoms with E-state index in [1.165, 1.54) is 11.8 Å². The number of hydrogen-bond acceptors (Lipinski definition) is 4. The number of hydrogen-bond donors (Lipinski definition) is 2. The van der Waals surface area contributed by atoms with Crippen LogP contribution in [-0.4, -0.2) is 18.4 Å². The van der Waals surface area contributed by atoms with Crippen molar-refractivity contribution in [1.82, 2.24) is 0 Å². The van der Waals surface area contributed by atoms with Gasteiger partial charge in [-0.2, -0.15) is 0 Å². The largest absolute Gasteiger partial charge is 0.494 e. The van der Waals surface area contributed by atoms with Gasteiger partial charge in [0.25, 0.3) is 0 Å². The first-order valence-corrected chi connectivity index (χ1v) is 12.6. The van der Waals surface area contributed by atoms with Crippen LogP contribution >= 0.6 is 11.8 Å². The topological polar surface area (TPSA) is 67.4 Å². The lowest BCUT2D eigenvalue weighted by Gasteiger charge is -2.18. The highest BCUT2D eigenvalue weighted by Gasteiger charge is 2.22. The zero-order valence-electron chi connectivity index (χ0n) is 19.8. The second-order valence-corrected chi connectivity index (χ2v) is 9.13. The first-order valence-electron chi connectivity index (χ1n) is 11.7.